The molecule has 0 N–H and O–H groups in total. The molecule has 2 radical (unpaired) electrons. The van der Waals surface area contributed by atoms with Gasteiger partial charge < -0.3 is 23.4 Å². The van der Waals surface area contributed by atoms with Gasteiger partial charge in [0, 0.05) is 6.61 Å². The first kappa shape index (κ1) is 28.0. The zero-order valence-electron chi connectivity index (χ0n) is 18.7. The van der Waals surface area contributed by atoms with E-state index in [0.29, 0.717) is 62.6 Å². The van der Waals surface area contributed by atoms with E-state index in [4.69, 9.17) is 23.4 Å². The van der Waals surface area contributed by atoms with Crippen LogP contribution >= 0.6 is 0 Å². The van der Waals surface area contributed by atoms with Gasteiger partial charge in [-0.2, -0.15) is 0 Å². The Morgan fingerprint density at radius 1 is 0.429 bits per heavy atom. The minimum absolute atomic E-state index is 0.608. The molecule has 0 fully saturated rings. The summed E-state index contributed by atoms with van der Waals surface area (Å²) in [5.74, 6) is 0. The van der Waals surface area contributed by atoms with E-state index in [1.807, 2.05) is 0 Å². The predicted molar refractivity (Wildman–Crippen MR) is 117 cm³/mol. The highest BCUT2D eigenvalue weighted by Gasteiger charge is 1.95. The van der Waals surface area contributed by atoms with Crippen LogP contribution in [-0.4, -0.2) is 69.2 Å². The summed E-state index contributed by atoms with van der Waals surface area (Å²) in [5, 5.41) is 0. The zero-order chi connectivity index (χ0) is 20.4. The van der Waals surface area contributed by atoms with Crippen molar-refractivity contribution in [1.82, 2.24) is 0 Å². The molecule has 0 saturated heterocycles. The molecule has 0 aliphatic carbocycles. The van der Waals surface area contributed by atoms with Gasteiger partial charge in [-0.3, -0.25) is 0 Å². The third-order valence-corrected chi connectivity index (χ3v) is 5.29. The molecule has 5 nitrogen and oxygen atoms in total. The molecule has 0 saturated carbocycles. The predicted octanol–water partition coefficient (Wildman–Crippen LogP) is 5.05. The number of rotatable bonds is 25. The Balaban J connectivity index is 2.96. The topological polar surface area (TPSA) is 46.2 Å². The highest BCUT2D eigenvalue weighted by Crippen LogP contribution is 2.04. The summed E-state index contributed by atoms with van der Waals surface area (Å²) < 4.78 is 27.6. The van der Waals surface area contributed by atoms with Crippen molar-refractivity contribution in [3.05, 3.63) is 0 Å². The first-order valence-corrected chi connectivity index (χ1v) is 12.7. The minimum Gasteiger partial charge on any atom is -0.415 e. The quantitative estimate of drug-likeness (QED) is 0.153. The molecule has 0 aromatic rings. The molecule has 0 aromatic heterocycles. The van der Waals surface area contributed by atoms with Crippen LogP contribution in [0.5, 0.6) is 0 Å². The molecule has 0 aromatic carbocycles. The number of ether oxygens (including phenoxy) is 4. The van der Waals surface area contributed by atoms with Crippen molar-refractivity contribution < 1.29 is 23.4 Å². The maximum atomic E-state index is 5.57. The summed E-state index contributed by atoms with van der Waals surface area (Å²) in [4.78, 5) is 0. The van der Waals surface area contributed by atoms with Gasteiger partial charge in [0.25, 0.3) is 0 Å². The van der Waals surface area contributed by atoms with E-state index in [0.717, 1.165) is 13.0 Å². The molecular weight excluding hydrogens is 372 g/mol. The Morgan fingerprint density at radius 3 is 1.43 bits per heavy atom. The number of hydrogen-bond acceptors (Lipinski definition) is 5. The Bertz CT molecular complexity index is 243. The maximum absolute atomic E-state index is 5.57. The molecule has 0 aliphatic heterocycles. The monoisotopic (exact) mass is 418 g/mol. The van der Waals surface area contributed by atoms with Gasteiger partial charge in [0.2, 0.25) is 9.76 Å². The maximum Gasteiger partial charge on any atom is 0.229 e. The molecule has 0 rings (SSSR count). The van der Waals surface area contributed by atoms with E-state index in [1.165, 1.54) is 63.8 Å². The van der Waals surface area contributed by atoms with Gasteiger partial charge in [0.05, 0.1) is 52.9 Å². The van der Waals surface area contributed by atoms with Gasteiger partial charge in [-0.25, -0.2) is 0 Å². The van der Waals surface area contributed by atoms with Crippen molar-refractivity contribution in [2.75, 3.05) is 59.5 Å². The van der Waals surface area contributed by atoms with Gasteiger partial charge in [-0.1, -0.05) is 71.6 Å². The van der Waals surface area contributed by atoms with Gasteiger partial charge in [0.1, 0.15) is 0 Å². The molecule has 0 heterocycles. The lowest BCUT2D eigenvalue weighted by Gasteiger charge is -2.08. The Hall–Kier alpha value is 0.0169. The van der Waals surface area contributed by atoms with Gasteiger partial charge in [-0.05, 0) is 12.5 Å². The van der Waals surface area contributed by atoms with Crippen molar-refractivity contribution in [2.24, 2.45) is 0 Å². The fourth-order valence-electron chi connectivity index (χ4n) is 2.62. The first-order valence-electron chi connectivity index (χ1n) is 11.6. The fraction of sp³-hybridized carbons (Fsp3) is 1.00. The van der Waals surface area contributed by atoms with E-state index in [-0.39, 0.29) is 0 Å². The standard InChI is InChI=1S/C22H46O5Si/c1-3-5-7-9-10-11-13-23-14-15-24-16-17-25-18-19-26-20-21-27-28-22-12-8-6-4-2/h3-22H2,1-2H3. The molecular formula is C22H46O5Si. The highest BCUT2D eigenvalue weighted by molar-refractivity contribution is 6.26. The van der Waals surface area contributed by atoms with Crippen LogP contribution < -0.4 is 0 Å². The third kappa shape index (κ3) is 26.0. The minimum atomic E-state index is 0.608. The second-order valence-corrected chi connectivity index (χ2v) is 8.10. The van der Waals surface area contributed by atoms with Crippen molar-refractivity contribution in [1.29, 1.82) is 0 Å². The van der Waals surface area contributed by atoms with Crippen LogP contribution in [0.3, 0.4) is 0 Å². The van der Waals surface area contributed by atoms with Crippen LogP contribution in [0, 0.1) is 0 Å². The Kier molecular flexibility index (Phi) is 27.0. The van der Waals surface area contributed by atoms with Crippen LogP contribution in [0.15, 0.2) is 0 Å². The largest absolute Gasteiger partial charge is 0.415 e. The van der Waals surface area contributed by atoms with Gasteiger partial charge >= 0.3 is 0 Å². The third-order valence-electron chi connectivity index (χ3n) is 4.32. The summed E-state index contributed by atoms with van der Waals surface area (Å²) in [5.41, 5.74) is 0. The molecule has 0 atom stereocenters. The average Bonchev–Trinajstić information content (AvgIpc) is 2.71. The van der Waals surface area contributed by atoms with Crippen LogP contribution in [-0.2, 0) is 23.4 Å². The molecule has 0 aliphatic rings. The van der Waals surface area contributed by atoms with Crippen LogP contribution in [0.25, 0.3) is 0 Å². The van der Waals surface area contributed by atoms with Crippen molar-refractivity contribution in [2.45, 2.75) is 84.1 Å². The van der Waals surface area contributed by atoms with E-state index in [9.17, 15) is 0 Å². The fourth-order valence-corrected chi connectivity index (χ4v) is 3.38. The molecule has 0 unspecified atom stereocenters. The zero-order valence-corrected chi connectivity index (χ0v) is 19.7. The summed E-state index contributed by atoms with van der Waals surface area (Å²) in [6, 6.07) is 1.19. The van der Waals surface area contributed by atoms with Gasteiger partial charge in [0.15, 0.2) is 0 Å². The normalized spacial score (nSPS) is 11.4. The summed E-state index contributed by atoms with van der Waals surface area (Å²) in [7, 11) is 0.616. The second-order valence-electron chi connectivity index (χ2n) is 7.02. The van der Waals surface area contributed by atoms with Crippen LogP contribution in [0.2, 0.25) is 6.04 Å². The van der Waals surface area contributed by atoms with Crippen molar-refractivity contribution in [3.8, 4) is 0 Å². The Labute approximate surface area is 177 Å². The molecule has 0 spiro atoms. The first-order chi connectivity index (χ1) is 13.9. The lowest BCUT2D eigenvalue weighted by Crippen LogP contribution is -2.13. The molecule has 168 valence electrons. The van der Waals surface area contributed by atoms with E-state index in [2.05, 4.69) is 13.8 Å². The van der Waals surface area contributed by atoms with E-state index in [1.54, 1.807) is 0 Å². The van der Waals surface area contributed by atoms with Crippen molar-refractivity contribution >= 4 is 9.76 Å². The SMILES string of the molecule is CCCCCCCCOCCOCCOCCOCCO[Si]CCCCCC. The van der Waals surface area contributed by atoms with Crippen LogP contribution in [0.1, 0.15) is 78.1 Å². The van der Waals surface area contributed by atoms with Crippen LogP contribution in [0.4, 0.5) is 0 Å². The number of hydrogen-bond donors (Lipinski definition) is 0. The number of unbranched alkanes of at least 4 members (excludes halogenated alkanes) is 8. The lowest BCUT2D eigenvalue weighted by atomic mass is 10.1. The Morgan fingerprint density at radius 2 is 0.857 bits per heavy atom. The smallest absolute Gasteiger partial charge is 0.229 e. The highest BCUT2D eigenvalue weighted by atomic mass is 28.2. The second kappa shape index (κ2) is 27.0. The average molecular weight is 419 g/mol. The van der Waals surface area contributed by atoms with Gasteiger partial charge in [-0.15, -0.1) is 0 Å². The molecule has 28 heavy (non-hydrogen) atoms. The van der Waals surface area contributed by atoms with E-state index >= 15 is 0 Å². The molecule has 6 heteroatoms. The molecule has 0 bridgehead atoms. The molecule has 0 amide bonds. The van der Waals surface area contributed by atoms with Crippen molar-refractivity contribution in [3.63, 3.8) is 0 Å². The summed E-state index contributed by atoms with van der Waals surface area (Å²) >= 11 is 0. The summed E-state index contributed by atoms with van der Waals surface area (Å²) in [6.07, 6.45) is 13.0. The summed E-state index contributed by atoms with van der Waals surface area (Å²) in [6.45, 7) is 10.4. The lowest BCUT2D eigenvalue weighted by molar-refractivity contribution is -0.00481. The van der Waals surface area contributed by atoms with E-state index < -0.39 is 0 Å².